The summed E-state index contributed by atoms with van der Waals surface area (Å²) in [6.45, 7) is 31.5. The van der Waals surface area contributed by atoms with Gasteiger partial charge in [-0.2, -0.15) is 0 Å². The zero-order valence-electron chi connectivity index (χ0n) is 29.9. The Kier molecular flexibility index (Phi) is 21.3. The maximum Gasteiger partial charge on any atom is 0.682 e. The first-order chi connectivity index (χ1) is 19.5. The minimum Gasteiger partial charge on any atom is -0.418 e. The molecule has 0 aliphatic carbocycles. The van der Waals surface area contributed by atoms with Crippen LogP contribution in [0.25, 0.3) is 0 Å². The number of hydrogen-bond acceptors (Lipinski definition) is 9. The molecule has 0 radical (unpaired) electrons. The second-order valence-electron chi connectivity index (χ2n) is 12.8. The van der Waals surface area contributed by atoms with Gasteiger partial charge in [-0.25, -0.2) is 0 Å². The highest BCUT2D eigenvalue weighted by Crippen LogP contribution is 2.28. The molecule has 0 saturated carbocycles. The van der Waals surface area contributed by atoms with Crippen molar-refractivity contribution < 1.29 is 39.8 Å². The van der Waals surface area contributed by atoms with E-state index in [1.165, 1.54) is 0 Å². The van der Waals surface area contributed by atoms with Crippen molar-refractivity contribution in [1.82, 2.24) is 0 Å². The van der Waals surface area contributed by atoms with Crippen molar-refractivity contribution in [3.05, 3.63) is 0 Å². The minimum absolute atomic E-state index is 0.0259. The molecule has 42 heavy (non-hydrogen) atoms. The van der Waals surface area contributed by atoms with Gasteiger partial charge in [0.1, 0.15) is 0 Å². The monoisotopic (exact) mass is 656 g/mol. The molecule has 0 aromatic heterocycles. The van der Waals surface area contributed by atoms with Crippen molar-refractivity contribution in [2.24, 2.45) is 5.41 Å². The summed E-state index contributed by atoms with van der Waals surface area (Å²) in [5, 5.41) is 0. The lowest BCUT2D eigenvalue weighted by Gasteiger charge is -2.40. The van der Waals surface area contributed by atoms with Crippen LogP contribution in [-0.2, 0) is 39.8 Å². The van der Waals surface area contributed by atoms with Crippen LogP contribution >= 0.6 is 0 Å². The molecule has 0 saturated heterocycles. The predicted octanol–water partition coefficient (Wildman–Crippen LogP) is 7.21. The molecule has 0 aromatic rings. The van der Waals surface area contributed by atoms with Crippen LogP contribution in [0.4, 0.5) is 0 Å². The second-order valence-corrected chi connectivity index (χ2v) is 18.1. The maximum absolute atomic E-state index is 6.85. The van der Waals surface area contributed by atoms with Gasteiger partial charge in [-0.1, -0.05) is 62.3 Å². The maximum atomic E-state index is 6.85. The molecular weight excluding hydrogens is 589 g/mol. The molecule has 0 fully saturated rings. The highest BCUT2D eigenvalue weighted by Gasteiger charge is 2.56. The molecule has 0 N–H and O–H groups in total. The largest absolute Gasteiger partial charge is 0.682 e. The Bertz CT molecular complexity index is 574. The fraction of sp³-hybridized carbons (Fsp3) is 1.00. The Morgan fingerprint density at radius 3 is 0.881 bits per heavy atom. The molecule has 12 heteroatoms. The third kappa shape index (κ3) is 17.7. The van der Waals surface area contributed by atoms with E-state index in [0.29, 0.717) is 6.61 Å². The van der Waals surface area contributed by atoms with Crippen molar-refractivity contribution in [2.75, 3.05) is 6.61 Å². The van der Waals surface area contributed by atoms with Crippen LogP contribution in [-0.4, -0.2) is 77.0 Å². The molecular formula is C30H68O9Si3. The Morgan fingerprint density at radius 1 is 0.452 bits per heavy atom. The quantitative estimate of drug-likeness (QED) is 0.0748. The van der Waals surface area contributed by atoms with Gasteiger partial charge in [0.25, 0.3) is 0 Å². The van der Waals surface area contributed by atoms with E-state index in [1.54, 1.807) is 0 Å². The van der Waals surface area contributed by atoms with Crippen LogP contribution in [0.2, 0.25) is 0 Å². The van der Waals surface area contributed by atoms with Gasteiger partial charge in [-0.05, 0) is 85.5 Å². The summed E-state index contributed by atoms with van der Waals surface area (Å²) in [5.41, 5.74) is -0.0259. The van der Waals surface area contributed by atoms with Gasteiger partial charge in [0.2, 0.25) is 9.76 Å². The van der Waals surface area contributed by atoms with Crippen molar-refractivity contribution in [1.29, 1.82) is 0 Å². The van der Waals surface area contributed by atoms with E-state index in [4.69, 9.17) is 39.8 Å². The molecule has 0 amide bonds. The standard InChI is InChI=1S/C30H68O9Si3/c1-16-23(7)32-41(33-24(8)17-2,34-25(9)18-3)38-29(40-31-22-30(13,14)15)39-42(35-26(10)19-4,36-27(11)20-5)37-28(12)21-6/h23-29H,16-22,40H2,1-15H3. The second kappa shape index (κ2) is 21.2. The Morgan fingerprint density at radius 2 is 0.690 bits per heavy atom. The van der Waals surface area contributed by atoms with Crippen LogP contribution < -0.4 is 0 Å². The summed E-state index contributed by atoms with van der Waals surface area (Å²) in [4.78, 5) is 0. The molecule has 0 heterocycles. The van der Waals surface area contributed by atoms with E-state index in [2.05, 4.69) is 62.3 Å². The van der Waals surface area contributed by atoms with E-state index in [-0.39, 0.29) is 42.0 Å². The van der Waals surface area contributed by atoms with Crippen LogP contribution in [0.15, 0.2) is 0 Å². The van der Waals surface area contributed by atoms with Crippen LogP contribution in [0.5, 0.6) is 0 Å². The summed E-state index contributed by atoms with van der Waals surface area (Å²) >= 11 is 0. The summed E-state index contributed by atoms with van der Waals surface area (Å²) in [5.74, 6) is -0.847. The first-order valence-corrected chi connectivity index (χ1v) is 21.2. The predicted molar refractivity (Wildman–Crippen MR) is 176 cm³/mol. The molecule has 6 atom stereocenters. The highest BCUT2D eigenvalue weighted by molar-refractivity contribution is 6.56. The summed E-state index contributed by atoms with van der Waals surface area (Å²) < 4.78 is 59.5. The molecule has 0 aliphatic rings. The van der Waals surface area contributed by atoms with Crippen LogP contribution in [0, 0.1) is 5.41 Å². The van der Waals surface area contributed by atoms with Crippen molar-refractivity contribution in [3.8, 4) is 0 Å². The van der Waals surface area contributed by atoms with E-state index in [0.717, 1.165) is 38.5 Å². The van der Waals surface area contributed by atoms with Gasteiger partial charge in [-0.3, -0.25) is 0 Å². The van der Waals surface area contributed by atoms with E-state index >= 15 is 0 Å². The van der Waals surface area contributed by atoms with Gasteiger partial charge in [0.05, 0.1) is 0 Å². The van der Waals surface area contributed by atoms with Gasteiger partial charge >= 0.3 is 18.1 Å². The average Bonchev–Trinajstić information content (AvgIpc) is 2.91. The fourth-order valence-electron chi connectivity index (χ4n) is 3.19. The van der Waals surface area contributed by atoms with Crippen molar-refractivity contribution >= 4 is 27.9 Å². The smallest absolute Gasteiger partial charge is 0.418 e. The lowest BCUT2D eigenvalue weighted by atomic mass is 9.99. The molecule has 0 bridgehead atoms. The average molecular weight is 657 g/mol. The number of rotatable bonds is 25. The Hall–Kier alpha value is 0.291. The van der Waals surface area contributed by atoms with Crippen LogP contribution in [0.1, 0.15) is 142 Å². The van der Waals surface area contributed by atoms with E-state index < -0.39 is 33.8 Å². The van der Waals surface area contributed by atoms with Gasteiger partial charge < -0.3 is 39.8 Å². The van der Waals surface area contributed by atoms with Crippen molar-refractivity contribution in [3.63, 3.8) is 0 Å². The fourth-order valence-corrected chi connectivity index (χ4v) is 11.3. The third-order valence-electron chi connectivity index (χ3n) is 6.86. The number of hydrogen-bond donors (Lipinski definition) is 0. The molecule has 9 nitrogen and oxygen atoms in total. The van der Waals surface area contributed by atoms with Gasteiger partial charge in [0.15, 0.2) is 5.91 Å². The van der Waals surface area contributed by atoms with Gasteiger partial charge in [0, 0.05) is 43.2 Å². The first-order valence-electron chi connectivity index (χ1n) is 16.5. The third-order valence-corrected chi connectivity index (χ3v) is 13.8. The lowest BCUT2D eigenvalue weighted by molar-refractivity contribution is -0.159. The SMILES string of the molecule is CCC(C)O[Si](OC(C)CC)(OC(C)CC)OC(O[Si](OC(C)CC)(OC(C)CC)OC(C)CC)[SiH2]OCC(C)(C)C. The zero-order chi connectivity index (χ0) is 32.6. The zero-order valence-corrected chi connectivity index (χ0v) is 33.3. The molecule has 6 unspecified atom stereocenters. The molecule has 0 aromatic carbocycles. The lowest BCUT2D eigenvalue weighted by Crippen LogP contribution is -2.61. The summed E-state index contributed by atoms with van der Waals surface area (Å²) in [7, 11) is -9.04. The summed E-state index contributed by atoms with van der Waals surface area (Å²) in [6, 6.07) is 0. The van der Waals surface area contributed by atoms with Crippen LogP contribution in [0.3, 0.4) is 0 Å². The van der Waals surface area contributed by atoms with Crippen molar-refractivity contribution in [2.45, 2.75) is 185 Å². The summed E-state index contributed by atoms with van der Waals surface area (Å²) in [6.07, 6.45) is 3.79. The molecule has 0 aliphatic heterocycles. The van der Waals surface area contributed by atoms with E-state index in [9.17, 15) is 0 Å². The Balaban J connectivity index is 6.92. The Labute approximate surface area is 264 Å². The molecule has 0 spiro atoms. The molecule has 0 rings (SSSR count). The molecule has 254 valence electrons. The first kappa shape index (κ1) is 42.3. The topological polar surface area (TPSA) is 83.1 Å². The normalized spacial score (nSPS) is 20.9. The minimum atomic E-state index is -3.77. The highest BCUT2D eigenvalue weighted by atomic mass is 28.4. The van der Waals surface area contributed by atoms with E-state index in [1.807, 2.05) is 41.5 Å². The van der Waals surface area contributed by atoms with Gasteiger partial charge in [-0.15, -0.1) is 0 Å².